The summed E-state index contributed by atoms with van der Waals surface area (Å²) in [5.74, 6) is -0.263. The fourth-order valence-electron chi connectivity index (χ4n) is 1.90. The van der Waals surface area contributed by atoms with Gasteiger partial charge in [0.2, 0.25) is 11.8 Å². The summed E-state index contributed by atoms with van der Waals surface area (Å²) >= 11 is 0. The lowest BCUT2D eigenvalue weighted by molar-refractivity contribution is -0.129. The second-order valence-electron chi connectivity index (χ2n) is 5.08. The third-order valence-corrected chi connectivity index (χ3v) is 3.06. The van der Waals surface area contributed by atoms with E-state index in [9.17, 15) is 9.59 Å². The maximum atomic E-state index is 11.6. The van der Waals surface area contributed by atoms with Crippen molar-refractivity contribution in [3.05, 3.63) is 23.9 Å². The van der Waals surface area contributed by atoms with Crippen LogP contribution in [0, 0.1) is 0 Å². The van der Waals surface area contributed by atoms with Gasteiger partial charge < -0.3 is 5.32 Å². The number of unbranched alkanes of at least 4 members (excludes halogenated alkanes) is 5. The maximum Gasteiger partial charge on any atom is 0.243 e. The molecule has 0 aliphatic carbocycles. The number of nitrogens with one attached hydrogen (secondary N) is 2. The number of hydrogen-bond acceptors (Lipinski definition) is 3. The van der Waals surface area contributed by atoms with E-state index in [0.717, 1.165) is 44.2 Å². The summed E-state index contributed by atoms with van der Waals surface area (Å²) in [5.41, 5.74) is 2.49. The van der Waals surface area contributed by atoms with Crippen LogP contribution in [0.5, 0.6) is 0 Å². The molecule has 0 radical (unpaired) electrons. The Morgan fingerprint density at radius 1 is 0.952 bits per heavy atom. The van der Waals surface area contributed by atoms with Crippen molar-refractivity contribution in [2.24, 2.45) is 0 Å². The molecule has 0 heterocycles. The minimum absolute atomic E-state index is 0.0628. The molecular weight excluding hydrogens is 268 g/mol. The fourth-order valence-corrected chi connectivity index (χ4v) is 1.90. The fraction of sp³-hybridized carbons (Fsp3) is 0.625. The SMILES string of the molecule is CC=CC=C(C)NC(=O)CCCCCCCCC(=O)NO. The molecule has 5 nitrogen and oxygen atoms in total. The number of hydroxylamine groups is 1. The summed E-state index contributed by atoms with van der Waals surface area (Å²) in [4.78, 5) is 22.4. The van der Waals surface area contributed by atoms with Gasteiger partial charge in [-0.1, -0.05) is 37.8 Å². The van der Waals surface area contributed by atoms with Gasteiger partial charge in [-0.2, -0.15) is 0 Å². The van der Waals surface area contributed by atoms with Gasteiger partial charge in [-0.05, 0) is 32.8 Å². The Balaban J connectivity index is 3.46. The number of allylic oxidation sites excluding steroid dienone is 4. The monoisotopic (exact) mass is 296 g/mol. The Labute approximate surface area is 127 Å². The Morgan fingerprint density at radius 2 is 1.48 bits per heavy atom. The summed E-state index contributed by atoms with van der Waals surface area (Å²) < 4.78 is 0. The molecule has 0 aromatic carbocycles. The summed E-state index contributed by atoms with van der Waals surface area (Å²) in [6.07, 6.45) is 12.4. The Bertz CT molecular complexity index is 363. The first kappa shape index (κ1) is 19.4. The third kappa shape index (κ3) is 13.1. The van der Waals surface area contributed by atoms with Crippen molar-refractivity contribution in [3.8, 4) is 0 Å². The van der Waals surface area contributed by atoms with E-state index in [0.29, 0.717) is 12.8 Å². The lowest BCUT2D eigenvalue weighted by Crippen LogP contribution is -2.20. The van der Waals surface area contributed by atoms with Crippen LogP contribution in [-0.2, 0) is 9.59 Å². The predicted octanol–water partition coefficient (Wildman–Crippen LogP) is 3.21. The number of rotatable bonds is 11. The molecule has 0 atom stereocenters. The van der Waals surface area contributed by atoms with Crippen LogP contribution in [0.4, 0.5) is 0 Å². The van der Waals surface area contributed by atoms with Crippen molar-refractivity contribution in [1.29, 1.82) is 0 Å². The van der Waals surface area contributed by atoms with Crippen molar-refractivity contribution in [2.45, 2.75) is 65.2 Å². The number of amides is 2. The van der Waals surface area contributed by atoms with Crippen LogP contribution in [0.1, 0.15) is 65.2 Å². The van der Waals surface area contributed by atoms with Gasteiger partial charge in [0.05, 0.1) is 0 Å². The van der Waals surface area contributed by atoms with E-state index in [1.807, 2.05) is 32.1 Å². The Morgan fingerprint density at radius 3 is 2.00 bits per heavy atom. The first-order chi connectivity index (χ1) is 10.1. The minimum atomic E-state index is -0.326. The van der Waals surface area contributed by atoms with E-state index in [4.69, 9.17) is 5.21 Å². The molecule has 0 fully saturated rings. The van der Waals surface area contributed by atoms with Crippen LogP contribution >= 0.6 is 0 Å². The average Bonchev–Trinajstić information content (AvgIpc) is 2.47. The van der Waals surface area contributed by atoms with Gasteiger partial charge in [0.1, 0.15) is 0 Å². The number of hydrogen-bond donors (Lipinski definition) is 3. The highest BCUT2D eigenvalue weighted by Gasteiger charge is 2.01. The van der Waals surface area contributed by atoms with Gasteiger partial charge in [-0.25, -0.2) is 5.48 Å². The predicted molar refractivity (Wildman–Crippen MR) is 83.6 cm³/mol. The second-order valence-corrected chi connectivity index (χ2v) is 5.08. The zero-order valence-electron chi connectivity index (χ0n) is 13.2. The van der Waals surface area contributed by atoms with Gasteiger partial charge in [0.25, 0.3) is 0 Å². The molecule has 0 aromatic rings. The Kier molecular flexibility index (Phi) is 12.3. The largest absolute Gasteiger partial charge is 0.330 e. The van der Waals surface area contributed by atoms with Crippen LogP contribution in [0.25, 0.3) is 0 Å². The molecule has 3 N–H and O–H groups in total. The molecule has 2 amide bonds. The van der Waals surface area contributed by atoms with E-state index in [1.54, 1.807) is 5.48 Å². The van der Waals surface area contributed by atoms with E-state index in [1.165, 1.54) is 0 Å². The lowest BCUT2D eigenvalue weighted by atomic mass is 10.1. The topological polar surface area (TPSA) is 78.4 Å². The molecule has 120 valence electrons. The molecule has 0 saturated carbocycles. The smallest absolute Gasteiger partial charge is 0.243 e. The van der Waals surface area contributed by atoms with Crippen molar-refractivity contribution in [2.75, 3.05) is 0 Å². The van der Waals surface area contributed by atoms with Gasteiger partial charge >= 0.3 is 0 Å². The minimum Gasteiger partial charge on any atom is -0.330 e. The molecule has 0 spiro atoms. The van der Waals surface area contributed by atoms with Crippen LogP contribution in [0.15, 0.2) is 23.9 Å². The molecule has 0 bridgehead atoms. The highest BCUT2D eigenvalue weighted by Crippen LogP contribution is 2.08. The summed E-state index contributed by atoms with van der Waals surface area (Å²) in [7, 11) is 0. The van der Waals surface area contributed by atoms with Crippen LogP contribution in [0.2, 0.25) is 0 Å². The molecular formula is C16H28N2O3. The highest BCUT2D eigenvalue weighted by molar-refractivity contribution is 5.77. The normalized spacial score (nSPS) is 11.7. The molecule has 0 aromatic heterocycles. The number of carbonyl (C=O) groups is 2. The van der Waals surface area contributed by atoms with Gasteiger partial charge in [-0.15, -0.1) is 0 Å². The molecule has 0 saturated heterocycles. The van der Waals surface area contributed by atoms with Crippen molar-refractivity contribution in [3.63, 3.8) is 0 Å². The van der Waals surface area contributed by atoms with Crippen LogP contribution in [-0.4, -0.2) is 17.0 Å². The number of carbonyl (C=O) groups excluding carboxylic acids is 2. The molecule has 0 rings (SSSR count). The van der Waals surface area contributed by atoms with Crippen molar-refractivity contribution >= 4 is 11.8 Å². The van der Waals surface area contributed by atoms with E-state index >= 15 is 0 Å². The van der Waals surface area contributed by atoms with E-state index < -0.39 is 0 Å². The van der Waals surface area contributed by atoms with Gasteiger partial charge in [0.15, 0.2) is 0 Å². The summed E-state index contributed by atoms with van der Waals surface area (Å²) in [6.45, 7) is 3.81. The van der Waals surface area contributed by atoms with Gasteiger partial charge in [-0.3, -0.25) is 14.8 Å². The van der Waals surface area contributed by atoms with Crippen LogP contribution in [0.3, 0.4) is 0 Å². The first-order valence-electron chi connectivity index (χ1n) is 7.62. The highest BCUT2D eigenvalue weighted by atomic mass is 16.5. The third-order valence-electron chi connectivity index (χ3n) is 3.06. The van der Waals surface area contributed by atoms with E-state index in [-0.39, 0.29) is 11.8 Å². The van der Waals surface area contributed by atoms with Crippen LogP contribution < -0.4 is 10.8 Å². The van der Waals surface area contributed by atoms with Crippen molar-refractivity contribution in [1.82, 2.24) is 10.8 Å². The van der Waals surface area contributed by atoms with Gasteiger partial charge in [0, 0.05) is 18.5 Å². The molecule has 0 aliphatic heterocycles. The molecule has 0 unspecified atom stereocenters. The Hall–Kier alpha value is -1.62. The maximum absolute atomic E-state index is 11.6. The zero-order chi connectivity index (χ0) is 15.9. The van der Waals surface area contributed by atoms with Crippen molar-refractivity contribution < 1.29 is 14.8 Å². The lowest BCUT2D eigenvalue weighted by Gasteiger charge is -2.05. The summed E-state index contributed by atoms with van der Waals surface area (Å²) in [6, 6.07) is 0. The first-order valence-corrected chi connectivity index (χ1v) is 7.62. The van der Waals surface area contributed by atoms with E-state index in [2.05, 4.69) is 5.32 Å². The zero-order valence-corrected chi connectivity index (χ0v) is 13.2. The summed E-state index contributed by atoms with van der Waals surface area (Å²) in [5, 5.41) is 11.2. The average molecular weight is 296 g/mol. The molecule has 0 aliphatic rings. The molecule has 5 heteroatoms. The molecule has 21 heavy (non-hydrogen) atoms. The standard InChI is InChI=1S/C16H28N2O3/c1-3-4-11-14(2)17-15(19)12-9-7-5-6-8-10-13-16(20)18-21/h3-4,11,21H,5-10,12-13H2,1-2H3,(H,17,19)(H,18,20). The second kappa shape index (κ2) is 13.4. The quantitative estimate of drug-likeness (QED) is 0.237.